The Balaban J connectivity index is 2.40. The molecule has 1 aromatic carbocycles. The van der Waals surface area contributed by atoms with E-state index in [9.17, 15) is 0 Å². The second-order valence-electron chi connectivity index (χ2n) is 4.16. The fourth-order valence-electron chi connectivity index (χ4n) is 1.56. The highest BCUT2D eigenvalue weighted by Crippen LogP contribution is 2.30. The number of nitriles is 1. The third-order valence-corrected chi connectivity index (χ3v) is 4.31. The van der Waals surface area contributed by atoms with Gasteiger partial charge >= 0.3 is 0 Å². The third kappa shape index (κ3) is 3.14. The van der Waals surface area contributed by atoms with E-state index >= 15 is 0 Å². The number of aryl methyl sites for hydroxylation is 2. The standard InChI is InChI=1S/C14H12BrN3S/c1-8-9(2)17-14(18-10(8)3)19-13-5-4-12(15)6-11(13)7-16/h4-6H,1-3H3. The lowest BCUT2D eigenvalue weighted by Gasteiger charge is -2.07. The van der Waals surface area contributed by atoms with Gasteiger partial charge in [-0.05, 0) is 56.3 Å². The van der Waals surface area contributed by atoms with E-state index in [0.717, 1.165) is 26.3 Å². The average molecular weight is 334 g/mol. The molecule has 0 N–H and O–H groups in total. The number of rotatable bonds is 2. The molecule has 0 aliphatic rings. The van der Waals surface area contributed by atoms with Crippen molar-refractivity contribution in [2.45, 2.75) is 30.8 Å². The molecule has 0 atom stereocenters. The summed E-state index contributed by atoms with van der Waals surface area (Å²) in [7, 11) is 0. The second-order valence-corrected chi connectivity index (χ2v) is 6.08. The van der Waals surface area contributed by atoms with Gasteiger partial charge in [-0.15, -0.1) is 0 Å². The number of benzene rings is 1. The van der Waals surface area contributed by atoms with Crippen molar-refractivity contribution in [2.75, 3.05) is 0 Å². The van der Waals surface area contributed by atoms with E-state index in [-0.39, 0.29) is 0 Å². The summed E-state index contributed by atoms with van der Waals surface area (Å²) in [5, 5.41) is 9.83. The van der Waals surface area contributed by atoms with Gasteiger partial charge in [0.05, 0.1) is 5.56 Å². The number of nitrogens with zero attached hydrogens (tertiary/aromatic N) is 3. The van der Waals surface area contributed by atoms with Gasteiger partial charge in [0.2, 0.25) is 0 Å². The molecule has 0 bridgehead atoms. The largest absolute Gasteiger partial charge is 0.227 e. The first-order valence-corrected chi connectivity index (χ1v) is 7.31. The Morgan fingerprint density at radius 1 is 1.16 bits per heavy atom. The van der Waals surface area contributed by atoms with Crippen LogP contribution in [0.25, 0.3) is 0 Å². The van der Waals surface area contributed by atoms with Crippen molar-refractivity contribution in [1.29, 1.82) is 5.26 Å². The van der Waals surface area contributed by atoms with Crippen LogP contribution in [0.5, 0.6) is 0 Å². The highest BCUT2D eigenvalue weighted by molar-refractivity contribution is 9.10. The average Bonchev–Trinajstić information content (AvgIpc) is 2.38. The molecule has 0 aliphatic carbocycles. The van der Waals surface area contributed by atoms with Gasteiger partial charge in [0.1, 0.15) is 6.07 Å². The van der Waals surface area contributed by atoms with E-state index < -0.39 is 0 Å². The van der Waals surface area contributed by atoms with Gasteiger partial charge in [0.15, 0.2) is 5.16 Å². The zero-order valence-corrected chi connectivity index (χ0v) is 13.3. The first-order chi connectivity index (χ1) is 9.01. The highest BCUT2D eigenvalue weighted by atomic mass is 79.9. The van der Waals surface area contributed by atoms with Crippen LogP contribution in [0.1, 0.15) is 22.5 Å². The molecule has 5 heteroatoms. The second kappa shape index (κ2) is 5.72. The number of hydrogen-bond donors (Lipinski definition) is 0. The molecule has 0 spiro atoms. The molecule has 0 aliphatic heterocycles. The first kappa shape index (κ1) is 14.0. The van der Waals surface area contributed by atoms with Crippen LogP contribution in [0.4, 0.5) is 0 Å². The molecule has 2 rings (SSSR count). The molecule has 0 saturated carbocycles. The minimum atomic E-state index is 0.624. The van der Waals surface area contributed by atoms with Crippen LogP contribution < -0.4 is 0 Å². The third-order valence-electron chi connectivity index (χ3n) is 2.88. The SMILES string of the molecule is Cc1nc(Sc2ccc(Br)cc2C#N)nc(C)c1C. The topological polar surface area (TPSA) is 49.6 Å². The van der Waals surface area contributed by atoms with Crippen molar-refractivity contribution in [1.82, 2.24) is 9.97 Å². The monoisotopic (exact) mass is 333 g/mol. The van der Waals surface area contributed by atoms with Crippen LogP contribution in [0, 0.1) is 32.1 Å². The summed E-state index contributed by atoms with van der Waals surface area (Å²) in [6, 6.07) is 7.81. The smallest absolute Gasteiger partial charge is 0.192 e. The Morgan fingerprint density at radius 3 is 2.37 bits per heavy atom. The molecule has 0 unspecified atom stereocenters. The fraction of sp³-hybridized carbons (Fsp3) is 0.214. The zero-order valence-electron chi connectivity index (χ0n) is 10.9. The molecule has 1 heterocycles. The number of halogens is 1. The van der Waals surface area contributed by atoms with Crippen molar-refractivity contribution < 1.29 is 0 Å². The summed E-state index contributed by atoms with van der Waals surface area (Å²) in [6.07, 6.45) is 0. The Morgan fingerprint density at radius 2 is 1.79 bits per heavy atom. The maximum Gasteiger partial charge on any atom is 0.192 e. The Hall–Kier alpha value is -1.38. The van der Waals surface area contributed by atoms with Crippen molar-refractivity contribution in [3.05, 3.63) is 45.2 Å². The van der Waals surface area contributed by atoms with Crippen LogP contribution in [0.2, 0.25) is 0 Å². The minimum Gasteiger partial charge on any atom is -0.227 e. The van der Waals surface area contributed by atoms with Crippen LogP contribution in [0.3, 0.4) is 0 Å². The highest BCUT2D eigenvalue weighted by Gasteiger charge is 2.09. The molecule has 96 valence electrons. The van der Waals surface area contributed by atoms with Crippen LogP contribution in [-0.2, 0) is 0 Å². The molecule has 3 nitrogen and oxygen atoms in total. The Labute approximate surface area is 125 Å². The summed E-state index contributed by atoms with van der Waals surface area (Å²) < 4.78 is 0.894. The predicted octanol–water partition coefficient (Wildman–Crippen LogP) is 4.19. The molecule has 0 radical (unpaired) electrons. The Bertz CT molecular complexity index is 654. The molecule has 1 aromatic heterocycles. The summed E-state index contributed by atoms with van der Waals surface area (Å²) in [4.78, 5) is 9.78. The lowest BCUT2D eigenvalue weighted by atomic mass is 10.2. The predicted molar refractivity (Wildman–Crippen MR) is 79.2 cm³/mol. The van der Waals surface area contributed by atoms with Crippen LogP contribution in [-0.4, -0.2) is 9.97 Å². The van der Waals surface area contributed by atoms with Crippen molar-refractivity contribution in [3.8, 4) is 6.07 Å². The van der Waals surface area contributed by atoms with Gasteiger partial charge in [-0.3, -0.25) is 0 Å². The number of aromatic nitrogens is 2. The van der Waals surface area contributed by atoms with Gasteiger partial charge in [-0.1, -0.05) is 15.9 Å². The summed E-state index contributed by atoms with van der Waals surface area (Å²) in [5.41, 5.74) is 3.69. The summed E-state index contributed by atoms with van der Waals surface area (Å²) in [6.45, 7) is 5.96. The van der Waals surface area contributed by atoms with Crippen molar-refractivity contribution >= 4 is 27.7 Å². The summed E-state index contributed by atoms with van der Waals surface area (Å²) >= 11 is 4.78. The van der Waals surface area contributed by atoms with Gasteiger partial charge in [-0.2, -0.15) is 5.26 Å². The lowest BCUT2D eigenvalue weighted by molar-refractivity contribution is 0.881. The summed E-state index contributed by atoms with van der Waals surface area (Å²) in [5.74, 6) is 0. The zero-order chi connectivity index (χ0) is 14.0. The fourth-order valence-corrected chi connectivity index (χ4v) is 2.84. The van der Waals surface area contributed by atoms with E-state index in [1.54, 1.807) is 6.07 Å². The van der Waals surface area contributed by atoms with E-state index in [2.05, 4.69) is 32.0 Å². The van der Waals surface area contributed by atoms with Crippen LogP contribution >= 0.6 is 27.7 Å². The maximum absolute atomic E-state index is 9.15. The number of hydrogen-bond acceptors (Lipinski definition) is 4. The van der Waals surface area contributed by atoms with E-state index in [4.69, 9.17) is 5.26 Å². The van der Waals surface area contributed by atoms with E-state index in [1.807, 2.05) is 32.9 Å². The molecule has 2 aromatic rings. The molecule has 0 saturated heterocycles. The lowest BCUT2D eigenvalue weighted by Crippen LogP contribution is -1.98. The minimum absolute atomic E-state index is 0.624. The van der Waals surface area contributed by atoms with Crippen molar-refractivity contribution in [3.63, 3.8) is 0 Å². The van der Waals surface area contributed by atoms with Gasteiger partial charge in [0, 0.05) is 20.8 Å². The molecular formula is C14H12BrN3S. The normalized spacial score (nSPS) is 10.3. The van der Waals surface area contributed by atoms with Gasteiger partial charge in [0.25, 0.3) is 0 Å². The molecule has 19 heavy (non-hydrogen) atoms. The molecule has 0 amide bonds. The quantitative estimate of drug-likeness (QED) is 0.773. The maximum atomic E-state index is 9.15. The van der Waals surface area contributed by atoms with Gasteiger partial charge < -0.3 is 0 Å². The Kier molecular flexibility index (Phi) is 4.23. The van der Waals surface area contributed by atoms with E-state index in [1.165, 1.54) is 11.8 Å². The van der Waals surface area contributed by atoms with Crippen molar-refractivity contribution in [2.24, 2.45) is 0 Å². The molecular weight excluding hydrogens is 322 g/mol. The molecule has 0 fully saturated rings. The van der Waals surface area contributed by atoms with Crippen LogP contribution in [0.15, 0.2) is 32.7 Å². The van der Waals surface area contributed by atoms with E-state index in [0.29, 0.717) is 10.7 Å². The van der Waals surface area contributed by atoms with Gasteiger partial charge in [-0.25, -0.2) is 9.97 Å². The first-order valence-electron chi connectivity index (χ1n) is 5.70.